The maximum absolute atomic E-state index is 13.4. The number of methoxy groups -OCH3 is 1. The average Bonchev–Trinajstić information content (AvgIpc) is 2.54. The molecule has 0 saturated heterocycles. The van der Waals surface area contributed by atoms with Crippen molar-refractivity contribution >= 4 is 0 Å². The van der Waals surface area contributed by atoms with Gasteiger partial charge in [-0.15, -0.1) is 0 Å². The van der Waals surface area contributed by atoms with Gasteiger partial charge in [0.15, 0.2) is 11.6 Å². The number of rotatable bonds is 1. The topological polar surface area (TPSA) is 35.2 Å². The SMILES string of the molecule is COc1cc2c(c(F)c1F)CC[C@@H]2N. The Hall–Kier alpha value is -1.16. The Kier molecular flexibility index (Phi) is 2.15. The van der Waals surface area contributed by atoms with Crippen molar-refractivity contribution < 1.29 is 13.5 Å². The lowest BCUT2D eigenvalue weighted by Crippen LogP contribution is -2.06. The van der Waals surface area contributed by atoms with E-state index in [9.17, 15) is 8.78 Å². The molecule has 0 heterocycles. The van der Waals surface area contributed by atoms with Crippen molar-refractivity contribution in [1.29, 1.82) is 0 Å². The minimum atomic E-state index is -0.916. The third-order valence-corrected chi connectivity index (χ3v) is 2.63. The van der Waals surface area contributed by atoms with Crippen LogP contribution in [0.3, 0.4) is 0 Å². The van der Waals surface area contributed by atoms with Crippen LogP contribution in [0.4, 0.5) is 8.78 Å². The second-order valence-corrected chi connectivity index (χ2v) is 3.42. The average molecular weight is 199 g/mol. The van der Waals surface area contributed by atoms with Crippen LogP contribution < -0.4 is 10.5 Å². The predicted octanol–water partition coefficient (Wildman–Crippen LogP) is 1.92. The summed E-state index contributed by atoms with van der Waals surface area (Å²) in [5.41, 5.74) is 6.81. The zero-order valence-electron chi connectivity index (χ0n) is 7.81. The molecule has 2 N–H and O–H groups in total. The molecule has 4 heteroatoms. The third-order valence-electron chi connectivity index (χ3n) is 2.63. The molecule has 0 radical (unpaired) electrons. The van der Waals surface area contributed by atoms with Crippen molar-refractivity contribution in [2.24, 2.45) is 5.73 Å². The third kappa shape index (κ3) is 1.18. The lowest BCUT2D eigenvalue weighted by molar-refractivity contribution is 0.370. The molecule has 2 nitrogen and oxygen atoms in total. The van der Waals surface area contributed by atoms with Gasteiger partial charge in [0.1, 0.15) is 0 Å². The van der Waals surface area contributed by atoms with Gasteiger partial charge in [0, 0.05) is 6.04 Å². The van der Waals surface area contributed by atoms with Crippen molar-refractivity contribution in [3.05, 3.63) is 28.8 Å². The number of fused-ring (bicyclic) bond motifs is 1. The molecule has 0 amide bonds. The van der Waals surface area contributed by atoms with Gasteiger partial charge in [0.05, 0.1) is 7.11 Å². The van der Waals surface area contributed by atoms with E-state index in [0.29, 0.717) is 24.0 Å². The van der Waals surface area contributed by atoms with E-state index in [4.69, 9.17) is 10.5 Å². The van der Waals surface area contributed by atoms with Crippen LogP contribution in [0.25, 0.3) is 0 Å². The summed E-state index contributed by atoms with van der Waals surface area (Å²) in [4.78, 5) is 0. The minimum Gasteiger partial charge on any atom is -0.494 e. The molecule has 0 spiro atoms. The van der Waals surface area contributed by atoms with Crippen LogP contribution in [0.1, 0.15) is 23.6 Å². The first kappa shape index (κ1) is 9.40. The largest absolute Gasteiger partial charge is 0.494 e. The van der Waals surface area contributed by atoms with Crippen molar-refractivity contribution in [2.45, 2.75) is 18.9 Å². The molecule has 1 aromatic carbocycles. The number of benzene rings is 1. The molecular weight excluding hydrogens is 188 g/mol. The Morgan fingerprint density at radius 2 is 2.14 bits per heavy atom. The quantitative estimate of drug-likeness (QED) is 0.749. The van der Waals surface area contributed by atoms with E-state index in [1.807, 2.05) is 0 Å². The van der Waals surface area contributed by atoms with Gasteiger partial charge in [0.25, 0.3) is 0 Å². The summed E-state index contributed by atoms with van der Waals surface area (Å²) in [6.07, 6.45) is 1.17. The Morgan fingerprint density at radius 1 is 1.43 bits per heavy atom. The van der Waals surface area contributed by atoms with Crippen LogP contribution in [0.5, 0.6) is 5.75 Å². The first-order valence-corrected chi connectivity index (χ1v) is 4.45. The standard InChI is InChI=1S/C10H11F2NO/c1-14-8-4-6-5(2-3-7(6)13)9(11)10(8)12/h4,7H,2-3,13H2,1H3/t7-/m0/s1. The van der Waals surface area contributed by atoms with Crippen LogP contribution in [0, 0.1) is 11.6 Å². The van der Waals surface area contributed by atoms with E-state index in [1.165, 1.54) is 13.2 Å². The van der Waals surface area contributed by atoms with Crippen LogP contribution >= 0.6 is 0 Å². The zero-order valence-corrected chi connectivity index (χ0v) is 7.81. The molecular formula is C10H11F2NO. The highest BCUT2D eigenvalue weighted by Crippen LogP contribution is 2.36. The number of nitrogens with two attached hydrogens (primary N) is 1. The zero-order chi connectivity index (χ0) is 10.3. The fourth-order valence-corrected chi connectivity index (χ4v) is 1.85. The van der Waals surface area contributed by atoms with Gasteiger partial charge < -0.3 is 10.5 Å². The highest BCUT2D eigenvalue weighted by Gasteiger charge is 2.26. The molecule has 1 aromatic rings. The summed E-state index contributed by atoms with van der Waals surface area (Å²) < 4.78 is 31.4. The maximum atomic E-state index is 13.4. The normalized spacial score (nSPS) is 19.6. The number of halogens is 2. The molecule has 0 fully saturated rings. The van der Waals surface area contributed by atoms with Gasteiger partial charge in [-0.3, -0.25) is 0 Å². The lowest BCUT2D eigenvalue weighted by Gasteiger charge is -2.09. The van der Waals surface area contributed by atoms with Crippen LogP contribution in [0.2, 0.25) is 0 Å². The first-order valence-electron chi connectivity index (χ1n) is 4.45. The van der Waals surface area contributed by atoms with E-state index in [1.54, 1.807) is 0 Å². The Morgan fingerprint density at radius 3 is 2.79 bits per heavy atom. The first-order chi connectivity index (χ1) is 6.65. The lowest BCUT2D eigenvalue weighted by atomic mass is 10.1. The van der Waals surface area contributed by atoms with Crippen molar-refractivity contribution in [2.75, 3.05) is 7.11 Å². The summed E-state index contributed by atoms with van der Waals surface area (Å²) in [6.45, 7) is 0. The molecule has 1 atom stereocenters. The maximum Gasteiger partial charge on any atom is 0.200 e. The van der Waals surface area contributed by atoms with Crippen molar-refractivity contribution in [3.8, 4) is 5.75 Å². The fraction of sp³-hybridized carbons (Fsp3) is 0.400. The van der Waals surface area contributed by atoms with Crippen molar-refractivity contribution in [3.63, 3.8) is 0 Å². The van der Waals surface area contributed by atoms with Gasteiger partial charge in [-0.25, -0.2) is 4.39 Å². The number of hydrogen-bond acceptors (Lipinski definition) is 2. The number of hydrogen-bond donors (Lipinski definition) is 1. The molecule has 0 bridgehead atoms. The summed E-state index contributed by atoms with van der Waals surface area (Å²) in [6, 6.07) is 1.29. The van der Waals surface area contributed by atoms with Crippen molar-refractivity contribution in [1.82, 2.24) is 0 Å². The Balaban J connectivity index is 2.62. The molecule has 0 saturated carbocycles. The molecule has 14 heavy (non-hydrogen) atoms. The molecule has 0 unspecified atom stereocenters. The van der Waals surface area contributed by atoms with E-state index < -0.39 is 11.6 Å². The smallest absolute Gasteiger partial charge is 0.200 e. The monoisotopic (exact) mass is 199 g/mol. The summed E-state index contributed by atoms with van der Waals surface area (Å²) in [5, 5.41) is 0. The van der Waals surface area contributed by atoms with Gasteiger partial charge in [-0.05, 0) is 30.0 Å². The predicted molar refractivity (Wildman–Crippen MR) is 48.2 cm³/mol. The van der Waals surface area contributed by atoms with E-state index >= 15 is 0 Å². The second kappa shape index (κ2) is 3.20. The van der Waals surface area contributed by atoms with E-state index in [0.717, 1.165) is 0 Å². The van der Waals surface area contributed by atoms with Gasteiger partial charge in [-0.1, -0.05) is 0 Å². The highest BCUT2D eigenvalue weighted by atomic mass is 19.2. The summed E-state index contributed by atoms with van der Waals surface area (Å²) in [5.74, 6) is -1.80. The summed E-state index contributed by atoms with van der Waals surface area (Å²) >= 11 is 0. The van der Waals surface area contributed by atoms with Crippen LogP contribution in [0.15, 0.2) is 6.07 Å². The van der Waals surface area contributed by atoms with Gasteiger partial charge in [-0.2, -0.15) is 4.39 Å². The summed E-state index contributed by atoms with van der Waals surface area (Å²) in [7, 11) is 1.31. The molecule has 2 rings (SSSR count). The number of ether oxygens (including phenoxy) is 1. The van der Waals surface area contributed by atoms with Gasteiger partial charge >= 0.3 is 0 Å². The van der Waals surface area contributed by atoms with Crippen LogP contribution in [-0.4, -0.2) is 7.11 Å². The van der Waals surface area contributed by atoms with Crippen LogP contribution in [-0.2, 0) is 6.42 Å². The minimum absolute atomic E-state index is 0.0707. The second-order valence-electron chi connectivity index (χ2n) is 3.42. The fourth-order valence-electron chi connectivity index (χ4n) is 1.85. The highest BCUT2D eigenvalue weighted by molar-refractivity contribution is 5.42. The molecule has 0 aliphatic heterocycles. The molecule has 1 aliphatic rings. The van der Waals surface area contributed by atoms with E-state index in [-0.39, 0.29) is 11.8 Å². The van der Waals surface area contributed by atoms with Gasteiger partial charge in [0.2, 0.25) is 5.82 Å². The van der Waals surface area contributed by atoms with E-state index in [2.05, 4.69) is 0 Å². The molecule has 1 aliphatic carbocycles. The molecule has 76 valence electrons. The molecule has 0 aromatic heterocycles. The Labute approximate surface area is 80.7 Å². The Bertz CT molecular complexity index is 379.